The summed E-state index contributed by atoms with van der Waals surface area (Å²) in [5.41, 5.74) is 3.82. The van der Waals surface area contributed by atoms with E-state index in [0.717, 1.165) is 16.7 Å². The molecule has 1 aliphatic heterocycles. The molecular formula is C19H22N2O3. The molecule has 1 heterocycles. The van der Waals surface area contributed by atoms with E-state index >= 15 is 0 Å². The van der Waals surface area contributed by atoms with Gasteiger partial charge in [0.25, 0.3) is 5.91 Å². The summed E-state index contributed by atoms with van der Waals surface area (Å²) in [6, 6.07) is 14.0. The Morgan fingerprint density at radius 2 is 1.92 bits per heavy atom. The number of carbonyl (C=O) groups is 1. The SMILES string of the molecule is CC(NC(C)c1ccc2c(c1)NC(=O)CO2)c1cccc(CO)c1. The number of carbonyl (C=O) groups excluding carboxylic acids is 1. The molecule has 5 nitrogen and oxygen atoms in total. The molecule has 5 heteroatoms. The molecular weight excluding hydrogens is 304 g/mol. The number of aliphatic hydroxyl groups is 1. The van der Waals surface area contributed by atoms with Crippen LogP contribution in [0.4, 0.5) is 5.69 Å². The number of hydrogen-bond donors (Lipinski definition) is 3. The second-order valence-corrected chi connectivity index (χ2v) is 6.11. The summed E-state index contributed by atoms with van der Waals surface area (Å²) >= 11 is 0. The van der Waals surface area contributed by atoms with Crippen LogP contribution in [0.5, 0.6) is 5.75 Å². The molecule has 0 spiro atoms. The fraction of sp³-hybridized carbons (Fsp3) is 0.316. The van der Waals surface area contributed by atoms with Gasteiger partial charge >= 0.3 is 0 Å². The molecule has 1 amide bonds. The first-order valence-corrected chi connectivity index (χ1v) is 8.09. The Kier molecular flexibility index (Phi) is 4.83. The molecule has 3 rings (SSSR count). The summed E-state index contributed by atoms with van der Waals surface area (Å²) in [5, 5.41) is 15.7. The van der Waals surface area contributed by atoms with Gasteiger partial charge in [-0.15, -0.1) is 0 Å². The number of ether oxygens (including phenoxy) is 1. The van der Waals surface area contributed by atoms with E-state index in [4.69, 9.17) is 4.74 Å². The van der Waals surface area contributed by atoms with Gasteiger partial charge in [-0.2, -0.15) is 0 Å². The van der Waals surface area contributed by atoms with Crippen LogP contribution in [0.25, 0.3) is 0 Å². The zero-order chi connectivity index (χ0) is 17.1. The Morgan fingerprint density at radius 3 is 2.67 bits per heavy atom. The van der Waals surface area contributed by atoms with Gasteiger partial charge in [-0.3, -0.25) is 4.79 Å². The lowest BCUT2D eigenvalue weighted by atomic mass is 10.0. The quantitative estimate of drug-likeness (QED) is 0.790. The van der Waals surface area contributed by atoms with Gasteiger partial charge in [0.1, 0.15) is 5.75 Å². The normalized spacial score (nSPS) is 15.9. The van der Waals surface area contributed by atoms with Gasteiger partial charge in [0.05, 0.1) is 12.3 Å². The number of aliphatic hydroxyl groups excluding tert-OH is 1. The number of amides is 1. The lowest BCUT2D eigenvalue weighted by Gasteiger charge is -2.23. The van der Waals surface area contributed by atoms with Crippen molar-refractivity contribution in [2.45, 2.75) is 32.5 Å². The number of benzene rings is 2. The Balaban J connectivity index is 1.73. The summed E-state index contributed by atoms with van der Waals surface area (Å²) in [5.74, 6) is 0.573. The molecule has 0 saturated heterocycles. The van der Waals surface area contributed by atoms with Crippen molar-refractivity contribution in [3.8, 4) is 5.75 Å². The molecule has 3 N–H and O–H groups in total. The van der Waals surface area contributed by atoms with Crippen molar-refractivity contribution in [3.63, 3.8) is 0 Å². The van der Waals surface area contributed by atoms with Crippen molar-refractivity contribution in [1.29, 1.82) is 0 Å². The minimum absolute atomic E-state index is 0.0423. The fourth-order valence-corrected chi connectivity index (χ4v) is 2.90. The van der Waals surface area contributed by atoms with Gasteiger partial charge in [0, 0.05) is 12.1 Å². The Morgan fingerprint density at radius 1 is 1.17 bits per heavy atom. The van der Waals surface area contributed by atoms with Crippen molar-refractivity contribution >= 4 is 11.6 Å². The highest BCUT2D eigenvalue weighted by Crippen LogP contribution is 2.31. The highest BCUT2D eigenvalue weighted by atomic mass is 16.5. The van der Waals surface area contributed by atoms with Crippen LogP contribution in [-0.2, 0) is 11.4 Å². The minimum Gasteiger partial charge on any atom is -0.482 e. The standard InChI is InChI=1S/C19H22N2O3/c1-12(15-5-3-4-14(8-15)10-22)20-13(2)16-6-7-18-17(9-16)21-19(23)11-24-18/h3-9,12-13,20,22H,10-11H2,1-2H3,(H,21,23). The minimum atomic E-state index is -0.130. The second-order valence-electron chi connectivity index (χ2n) is 6.11. The monoisotopic (exact) mass is 326 g/mol. The number of rotatable bonds is 5. The largest absolute Gasteiger partial charge is 0.482 e. The van der Waals surface area contributed by atoms with Crippen molar-refractivity contribution in [2.24, 2.45) is 0 Å². The Hall–Kier alpha value is -2.37. The van der Waals surface area contributed by atoms with Crippen molar-refractivity contribution < 1.29 is 14.6 Å². The molecule has 0 bridgehead atoms. The van der Waals surface area contributed by atoms with E-state index < -0.39 is 0 Å². The van der Waals surface area contributed by atoms with Crippen LogP contribution in [0.3, 0.4) is 0 Å². The predicted octanol–water partition coefficient (Wildman–Crippen LogP) is 2.92. The first-order chi connectivity index (χ1) is 11.6. The molecule has 126 valence electrons. The molecule has 0 radical (unpaired) electrons. The third kappa shape index (κ3) is 3.58. The molecule has 0 aliphatic carbocycles. The highest BCUT2D eigenvalue weighted by Gasteiger charge is 2.18. The van der Waals surface area contributed by atoms with Crippen LogP contribution < -0.4 is 15.4 Å². The van der Waals surface area contributed by atoms with Crippen LogP contribution in [-0.4, -0.2) is 17.6 Å². The van der Waals surface area contributed by atoms with Gasteiger partial charge in [-0.25, -0.2) is 0 Å². The summed E-state index contributed by atoms with van der Waals surface area (Å²) in [6.45, 7) is 4.29. The lowest BCUT2D eigenvalue weighted by molar-refractivity contribution is -0.118. The predicted molar refractivity (Wildman–Crippen MR) is 92.9 cm³/mol. The maximum atomic E-state index is 11.5. The number of fused-ring (bicyclic) bond motifs is 1. The van der Waals surface area contributed by atoms with Crippen molar-refractivity contribution in [3.05, 3.63) is 59.2 Å². The summed E-state index contributed by atoms with van der Waals surface area (Å²) in [7, 11) is 0. The zero-order valence-electron chi connectivity index (χ0n) is 13.9. The van der Waals surface area contributed by atoms with Crippen LogP contribution >= 0.6 is 0 Å². The summed E-state index contributed by atoms with van der Waals surface area (Å²) < 4.78 is 5.39. The average Bonchev–Trinajstić information content (AvgIpc) is 2.61. The zero-order valence-corrected chi connectivity index (χ0v) is 13.9. The molecule has 24 heavy (non-hydrogen) atoms. The van der Waals surface area contributed by atoms with Crippen LogP contribution in [0.1, 0.15) is 42.6 Å². The van der Waals surface area contributed by atoms with E-state index in [0.29, 0.717) is 11.4 Å². The third-order valence-electron chi connectivity index (χ3n) is 4.27. The molecule has 2 unspecified atom stereocenters. The topological polar surface area (TPSA) is 70.6 Å². The van der Waals surface area contributed by atoms with Gasteiger partial charge in [-0.05, 0) is 42.7 Å². The number of hydrogen-bond acceptors (Lipinski definition) is 4. The molecule has 0 saturated carbocycles. The first-order valence-electron chi connectivity index (χ1n) is 8.09. The van der Waals surface area contributed by atoms with Gasteiger partial charge in [0.2, 0.25) is 0 Å². The van der Waals surface area contributed by atoms with E-state index in [1.165, 1.54) is 0 Å². The summed E-state index contributed by atoms with van der Waals surface area (Å²) in [4.78, 5) is 11.5. The molecule has 1 aliphatic rings. The van der Waals surface area contributed by atoms with Gasteiger partial charge in [0.15, 0.2) is 6.61 Å². The first kappa shape index (κ1) is 16.5. The Bertz CT molecular complexity index is 745. The Labute approximate surface area is 141 Å². The van der Waals surface area contributed by atoms with E-state index in [-0.39, 0.29) is 31.2 Å². The highest BCUT2D eigenvalue weighted by molar-refractivity contribution is 5.95. The van der Waals surface area contributed by atoms with Crippen molar-refractivity contribution in [1.82, 2.24) is 5.32 Å². The molecule has 2 aromatic carbocycles. The third-order valence-corrected chi connectivity index (χ3v) is 4.27. The lowest BCUT2D eigenvalue weighted by Crippen LogP contribution is -2.26. The number of anilines is 1. The smallest absolute Gasteiger partial charge is 0.262 e. The maximum Gasteiger partial charge on any atom is 0.262 e. The van der Waals surface area contributed by atoms with Crippen LogP contribution in [0, 0.1) is 0 Å². The summed E-state index contributed by atoms with van der Waals surface area (Å²) in [6.07, 6.45) is 0. The second kappa shape index (κ2) is 7.03. The number of nitrogens with one attached hydrogen (secondary N) is 2. The average molecular weight is 326 g/mol. The molecule has 0 aromatic heterocycles. The van der Waals surface area contributed by atoms with Crippen LogP contribution in [0.15, 0.2) is 42.5 Å². The molecule has 0 fully saturated rings. The molecule has 2 atom stereocenters. The fourth-order valence-electron chi connectivity index (χ4n) is 2.90. The van der Waals surface area contributed by atoms with E-state index in [2.05, 4.69) is 24.5 Å². The van der Waals surface area contributed by atoms with E-state index in [1.807, 2.05) is 42.5 Å². The van der Waals surface area contributed by atoms with Gasteiger partial charge < -0.3 is 20.5 Å². The van der Waals surface area contributed by atoms with E-state index in [1.54, 1.807) is 0 Å². The maximum absolute atomic E-state index is 11.5. The van der Waals surface area contributed by atoms with Crippen LogP contribution in [0.2, 0.25) is 0 Å². The van der Waals surface area contributed by atoms with E-state index in [9.17, 15) is 9.90 Å². The van der Waals surface area contributed by atoms with Gasteiger partial charge in [-0.1, -0.05) is 30.3 Å². The molecule has 2 aromatic rings. The van der Waals surface area contributed by atoms with Crippen molar-refractivity contribution in [2.75, 3.05) is 11.9 Å².